The van der Waals surface area contributed by atoms with Gasteiger partial charge in [-0.1, -0.05) is 29.8 Å². The van der Waals surface area contributed by atoms with Gasteiger partial charge in [-0.3, -0.25) is 0 Å². The Morgan fingerprint density at radius 1 is 1.11 bits per heavy atom. The van der Waals surface area contributed by atoms with Crippen LogP contribution in [0.5, 0.6) is 0 Å². The monoisotopic (exact) mass is 544 g/mol. The molecule has 1 atom stereocenters. The molecule has 0 saturated heterocycles. The van der Waals surface area contributed by atoms with Crippen molar-refractivity contribution in [2.45, 2.75) is 24.8 Å². The molecule has 3 aromatic carbocycles. The number of carbonyl (C=O) groups excluding carboxylic acids is 1. The summed E-state index contributed by atoms with van der Waals surface area (Å²) in [5, 5.41) is 6.28. The molecule has 0 N–H and O–H groups in total. The van der Waals surface area contributed by atoms with Gasteiger partial charge < -0.3 is 9.64 Å². The highest BCUT2D eigenvalue weighted by Crippen LogP contribution is 2.51. The number of amidine groups is 1. The number of aromatic nitrogens is 2. The summed E-state index contributed by atoms with van der Waals surface area (Å²) >= 11 is 7.81. The van der Waals surface area contributed by atoms with E-state index in [1.807, 2.05) is 66.6 Å². The van der Waals surface area contributed by atoms with Crippen LogP contribution in [-0.2, 0) is 9.53 Å². The number of halogens is 2. The van der Waals surface area contributed by atoms with Crippen molar-refractivity contribution in [3.63, 3.8) is 0 Å². The third kappa shape index (κ3) is 4.19. The Morgan fingerprint density at radius 3 is 2.61 bits per heavy atom. The first-order chi connectivity index (χ1) is 18.4. The van der Waals surface area contributed by atoms with Crippen molar-refractivity contribution in [3.05, 3.63) is 107 Å². The van der Waals surface area contributed by atoms with Crippen molar-refractivity contribution in [2.75, 3.05) is 11.5 Å². The van der Waals surface area contributed by atoms with Crippen LogP contribution in [0, 0.1) is 5.82 Å². The standard InChI is InChI=1S/C29H22ClFN4O2S/c1-3-37-28(36)25-17(2)32-29-35(23-14-11-19(30)15-24(23)38-29)27(25)22-16-34(21-7-5-4-6-8-21)33-26(22)18-9-12-20(31)13-10-18/h4-16,27H,3H2,1-2H3. The number of esters is 1. The van der Waals surface area contributed by atoms with Gasteiger partial charge in [-0.05, 0) is 80.2 Å². The molecule has 9 heteroatoms. The molecule has 0 saturated carbocycles. The van der Waals surface area contributed by atoms with Gasteiger partial charge in [0.05, 0.1) is 41.0 Å². The summed E-state index contributed by atoms with van der Waals surface area (Å²) in [6, 6.07) is 21.0. The molecule has 6 nitrogen and oxygen atoms in total. The van der Waals surface area contributed by atoms with Crippen LogP contribution in [0.4, 0.5) is 10.1 Å². The van der Waals surface area contributed by atoms with Gasteiger partial charge in [0.1, 0.15) is 5.82 Å². The Bertz CT molecular complexity index is 1620. The zero-order chi connectivity index (χ0) is 26.4. The second-order valence-electron chi connectivity index (χ2n) is 8.82. The maximum atomic E-state index is 13.9. The number of rotatable bonds is 5. The van der Waals surface area contributed by atoms with E-state index in [0.29, 0.717) is 22.0 Å². The number of ether oxygens (including phenoxy) is 1. The summed E-state index contributed by atoms with van der Waals surface area (Å²) in [5.41, 5.74) is 4.85. The average Bonchev–Trinajstić information content (AvgIpc) is 3.50. The highest BCUT2D eigenvalue weighted by atomic mass is 35.5. The Balaban J connectivity index is 1.61. The van der Waals surface area contributed by atoms with Crippen molar-refractivity contribution in [1.82, 2.24) is 9.78 Å². The zero-order valence-electron chi connectivity index (χ0n) is 20.6. The van der Waals surface area contributed by atoms with E-state index in [4.69, 9.17) is 26.4 Å². The topological polar surface area (TPSA) is 59.7 Å². The molecule has 6 rings (SSSR count). The van der Waals surface area contributed by atoms with Crippen LogP contribution in [0.1, 0.15) is 25.5 Å². The third-order valence-corrected chi connectivity index (χ3v) is 7.70. The lowest BCUT2D eigenvalue weighted by atomic mass is 9.92. The Morgan fingerprint density at radius 2 is 1.87 bits per heavy atom. The first-order valence-corrected chi connectivity index (χ1v) is 13.3. The molecule has 1 aromatic heterocycles. The van der Waals surface area contributed by atoms with E-state index in [-0.39, 0.29) is 12.4 Å². The molecule has 1 unspecified atom stereocenters. The van der Waals surface area contributed by atoms with Gasteiger partial charge in [0.25, 0.3) is 0 Å². The molecular formula is C29H22ClFN4O2S. The number of carbonyl (C=O) groups is 1. The Kier molecular flexibility index (Phi) is 6.29. The van der Waals surface area contributed by atoms with Crippen LogP contribution in [0.2, 0.25) is 5.02 Å². The number of hydrogen-bond acceptors (Lipinski definition) is 6. The fourth-order valence-corrected chi connectivity index (χ4v) is 6.15. The maximum absolute atomic E-state index is 13.9. The minimum Gasteiger partial charge on any atom is -0.463 e. The first-order valence-electron chi connectivity index (χ1n) is 12.1. The summed E-state index contributed by atoms with van der Waals surface area (Å²) in [6.07, 6.45) is 1.92. The highest BCUT2D eigenvalue weighted by molar-refractivity contribution is 8.14. The lowest BCUT2D eigenvalue weighted by Crippen LogP contribution is -2.37. The lowest BCUT2D eigenvalue weighted by molar-refractivity contribution is -0.138. The van der Waals surface area contributed by atoms with Crippen molar-refractivity contribution >= 4 is 40.2 Å². The van der Waals surface area contributed by atoms with Gasteiger partial charge in [0.2, 0.25) is 0 Å². The van der Waals surface area contributed by atoms with Gasteiger partial charge in [0.15, 0.2) is 5.17 Å². The van der Waals surface area contributed by atoms with E-state index in [0.717, 1.165) is 32.6 Å². The molecule has 3 heterocycles. The highest BCUT2D eigenvalue weighted by Gasteiger charge is 2.43. The average molecular weight is 545 g/mol. The third-order valence-electron chi connectivity index (χ3n) is 6.44. The van der Waals surface area contributed by atoms with Crippen molar-refractivity contribution in [2.24, 2.45) is 4.99 Å². The molecule has 0 spiro atoms. The van der Waals surface area contributed by atoms with Crippen molar-refractivity contribution in [1.29, 1.82) is 0 Å². The molecule has 4 aromatic rings. The normalized spacial score (nSPS) is 16.3. The Labute approximate surface area is 228 Å². The summed E-state index contributed by atoms with van der Waals surface area (Å²) in [4.78, 5) is 21.2. The van der Waals surface area contributed by atoms with Gasteiger partial charge in [-0.25, -0.2) is 18.9 Å². The van der Waals surface area contributed by atoms with Crippen LogP contribution >= 0.6 is 23.4 Å². The predicted octanol–water partition coefficient (Wildman–Crippen LogP) is 7.19. The number of fused-ring (bicyclic) bond motifs is 3. The number of nitrogens with zero attached hydrogens (tertiary/aromatic N) is 4. The summed E-state index contributed by atoms with van der Waals surface area (Å²) < 4.78 is 21.2. The molecule has 0 fully saturated rings. The van der Waals surface area contributed by atoms with Crippen LogP contribution in [0.15, 0.2) is 100 Å². The largest absolute Gasteiger partial charge is 0.463 e. The molecule has 0 amide bonds. The van der Waals surface area contributed by atoms with E-state index in [1.54, 1.807) is 23.7 Å². The molecule has 38 heavy (non-hydrogen) atoms. The summed E-state index contributed by atoms with van der Waals surface area (Å²) in [6.45, 7) is 3.83. The smallest absolute Gasteiger partial charge is 0.338 e. The molecule has 190 valence electrons. The maximum Gasteiger partial charge on any atom is 0.338 e. The Hall–Kier alpha value is -3.88. The SMILES string of the molecule is CCOC(=O)C1=C(C)N=C2Sc3cc(Cl)ccc3N2C1c1cn(-c2ccccc2)nc1-c1ccc(F)cc1. The van der Waals surface area contributed by atoms with Gasteiger partial charge in [0, 0.05) is 27.2 Å². The fraction of sp³-hybridized carbons (Fsp3) is 0.138. The van der Waals surface area contributed by atoms with Crippen molar-refractivity contribution < 1.29 is 13.9 Å². The number of allylic oxidation sites excluding steroid dienone is 1. The first kappa shape index (κ1) is 24.5. The molecule has 0 aliphatic carbocycles. The van der Waals surface area contributed by atoms with E-state index < -0.39 is 12.0 Å². The summed E-state index contributed by atoms with van der Waals surface area (Å²) in [5.74, 6) is -0.780. The van der Waals surface area contributed by atoms with Crippen LogP contribution in [0.25, 0.3) is 16.9 Å². The zero-order valence-corrected chi connectivity index (χ0v) is 22.1. The second kappa shape index (κ2) is 9.78. The van der Waals surface area contributed by atoms with Crippen LogP contribution < -0.4 is 4.90 Å². The van der Waals surface area contributed by atoms with E-state index in [2.05, 4.69) is 0 Å². The van der Waals surface area contributed by atoms with Crippen LogP contribution in [-0.4, -0.2) is 27.5 Å². The van der Waals surface area contributed by atoms with E-state index in [1.165, 1.54) is 23.9 Å². The predicted molar refractivity (Wildman–Crippen MR) is 148 cm³/mol. The molecule has 2 aliphatic rings. The molecule has 0 radical (unpaired) electrons. The lowest BCUT2D eigenvalue weighted by Gasteiger charge is -2.34. The number of anilines is 1. The van der Waals surface area contributed by atoms with Crippen molar-refractivity contribution in [3.8, 4) is 16.9 Å². The van der Waals surface area contributed by atoms with Gasteiger partial charge >= 0.3 is 5.97 Å². The molecule has 2 aliphatic heterocycles. The van der Waals surface area contributed by atoms with E-state index in [9.17, 15) is 9.18 Å². The fourth-order valence-electron chi connectivity index (χ4n) is 4.77. The van der Waals surface area contributed by atoms with Crippen LogP contribution in [0.3, 0.4) is 0 Å². The van der Waals surface area contributed by atoms with Gasteiger partial charge in [-0.2, -0.15) is 5.10 Å². The summed E-state index contributed by atoms with van der Waals surface area (Å²) in [7, 11) is 0. The number of aliphatic imine (C=N–C) groups is 1. The molecular weight excluding hydrogens is 523 g/mol. The number of benzene rings is 3. The number of thioether (sulfide) groups is 1. The van der Waals surface area contributed by atoms with Gasteiger partial charge in [-0.15, -0.1) is 0 Å². The molecule has 0 bridgehead atoms. The number of para-hydroxylation sites is 1. The van der Waals surface area contributed by atoms with E-state index >= 15 is 0 Å². The minimum atomic E-state index is -0.589. The minimum absolute atomic E-state index is 0.230. The second-order valence-corrected chi connectivity index (χ2v) is 10.3. The number of hydrogen-bond donors (Lipinski definition) is 0. The quantitative estimate of drug-likeness (QED) is 0.249.